The van der Waals surface area contributed by atoms with Gasteiger partial charge < -0.3 is 4.98 Å². The molecule has 6 heteroatoms. The first-order chi connectivity index (χ1) is 15.3. The van der Waals surface area contributed by atoms with Crippen molar-refractivity contribution >= 4 is 22.7 Å². The van der Waals surface area contributed by atoms with Crippen LogP contribution in [0.5, 0.6) is 0 Å². The fraction of sp³-hybridized carbons (Fsp3) is 0.0400. The van der Waals surface area contributed by atoms with Gasteiger partial charge in [0.15, 0.2) is 0 Å². The number of nitriles is 1. The Labute approximate surface area is 179 Å². The van der Waals surface area contributed by atoms with Crippen molar-refractivity contribution in [1.82, 2.24) is 24.7 Å². The van der Waals surface area contributed by atoms with Gasteiger partial charge in [0, 0.05) is 29.7 Å². The third-order valence-corrected chi connectivity index (χ3v) is 4.98. The van der Waals surface area contributed by atoms with Crippen LogP contribution >= 0.6 is 0 Å². The standard InChI is InChI=1S/C25H18N6/c26-14-20(25-28-22-10-4-5-11-23(22)29-25)13-21-17-31(16-18-7-2-1-3-8-18)30-24(21)19-9-6-12-27-15-19/h1-13,15,17H,16H2,(H,28,29)/b20-13+. The minimum atomic E-state index is 0.445. The Balaban J connectivity index is 1.59. The Kier molecular flexibility index (Phi) is 4.83. The Morgan fingerprint density at radius 2 is 1.87 bits per heavy atom. The normalized spacial score (nSPS) is 11.5. The molecule has 5 rings (SSSR count). The number of benzene rings is 2. The molecule has 3 aromatic heterocycles. The van der Waals surface area contributed by atoms with Crippen molar-refractivity contribution in [1.29, 1.82) is 5.26 Å². The number of hydrogen-bond acceptors (Lipinski definition) is 4. The molecule has 0 aliphatic carbocycles. The number of hydrogen-bond donors (Lipinski definition) is 1. The average molecular weight is 402 g/mol. The van der Waals surface area contributed by atoms with Crippen LogP contribution in [0.2, 0.25) is 0 Å². The number of aromatic nitrogens is 5. The summed E-state index contributed by atoms with van der Waals surface area (Å²) >= 11 is 0. The van der Waals surface area contributed by atoms with E-state index in [-0.39, 0.29) is 0 Å². The molecular weight excluding hydrogens is 384 g/mol. The number of nitrogens with zero attached hydrogens (tertiary/aromatic N) is 5. The summed E-state index contributed by atoms with van der Waals surface area (Å²) in [5.74, 6) is 0.539. The van der Waals surface area contributed by atoms with E-state index in [9.17, 15) is 5.26 Å². The van der Waals surface area contributed by atoms with E-state index in [0.29, 0.717) is 17.9 Å². The van der Waals surface area contributed by atoms with Crippen LogP contribution in [-0.2, 0) is 6.54 Å². The quantitative estimate of drug-likeness (QED) is 0.422. The third kappa shape index (κ3) is 3.85. The lowest BCUT2D eigenvalue weighted by Gasteiger charge is -2.01. The van der Waals surface area contributed by atoms with Crippen molar-refractivity contribution in [3.63, 3.8) is 0 Å². The van der Waals surface area contributed by atoms with Crippen LogP contribution in [0.4, 0.5) is 0 Å². The van der Waals surface area contributed by atoms with Crippen LogP contribution in [0.1, 0.15) is 17.0 Å². The summed E-state index contributed by atoms with van der Waals surface area (Å²) in [5, 5.41) is 14.6. The van der Waals surface area contributed by atoms with E-state index in [0.717, 1.165) is 33.4 Å². The molecule has 2 aromatic carbocycles. The van der Waals surface area contributed by atoms with Gasteiger partial charge in [-0.2, -0.15) is 10.4 Å². The lowest BCUT2D eigenvalue weighted by atomic mass is 10.1. The van der Waals surface area contributed by atoms with Crippen LogP contribution < -0.4 is 0 Å². The molecule has 148 valence electrons. The van der Waals surface area contributed by atoms with Crippen molar-refractivity contribution in [2.75, 3.05) is 0 Å². The van der Waals surface area contributed by atoms with Crippen molar-refractivity contribution in [3.05, 3.63) is 102 Å². The summed E-state index contributed by atoms with van der Waals surface area (Å²) in [5.41, 5.74) is 5.81. The fourth-order valence-corrected chi connectivity index (χ4v) is 3.51. The number of H-pyrrole nitrogens is 1. The molecule has 0 atom stereocenters. The summed E-state index contributed by atoms with van der Waals surface area (Å²) in [6.45, 7) is 0.633. The lowest BCUT2D eigenvalue weighted by molar-refractivity contribution is 0.689. The summed E-state index contributed by atoms with van der Waals surface area (Å²) in [6.07, 6.45) is 7.29. The first-order valence-electron chi connectivity index (χ1n) is 9.89. The molecule has 31 heavy (non-hydrogen) atoms. The van der Waals surface area contributed by atoms with E-state index in [2.05, 4.69) is 33.2 Å². The summed E-state index contributed by atoms with van der Waals surface area (Å²) in [4.78, 5) is 12.0. The summed E-state index contributed by atoms with van der Waals surface area (Å²) in [6, 6.07) is 24.0. The first kappa shape index (κ1) is 18.5. The number of fused-ring (bicyclic) bond motifs is 1. The molecule has 0 saturated heterocycles. The molecule has 0 aliphatic rings. The molecule has 3 heterocycles. The maximum atomic E-state index is 9.85. The Hall–Kier alpha value is -4.50. The largest absolute Gasteiger partial charge is 0.337 e. The van der Waals surface area contributed by atoms with Gasteiger partial charge in [-0.1, -0.05) is 42.5 Å². The van der Waals surface area contributed by atoms with Gasteiger partial charge in [-0.25, -0.2) is 4.98 Å². The van der Waals surface area contributed by atoms with Gasteiger partial charge in [-0.15, -0.1) is 0 Å². The minimum Gasteiger partial charge on any atom is -0.337 e. The Morgan fingerprint density at radius 3 is 2.65 bits per heavy atom. The number of rotatable bonds is 5. The molecule has 5 aromatic rings. The molecule has 1 N–H and O–H groups in total. The van der Waals surface area contributed by atoms with E-state index < -0.39 is 0 Å². The summed E-state index contributed by atoms with van der Waals surface area (Å²) < 4.78 is 1.89. The number of imidazole rings is 1. The maximum Gasteiger partial charge on any atom is 0.149 e. The molecule has 0 spiro atoms. The number of allylic oxidation sites excluding steroid dienone is 1. The van der Waals surface area contributed by atoms with Crippen molar-refractivity contribution in [2.45, 2.75) is 6.54 Å². The van der Waals surface area contributed by atoms with Crippen LogP contribution in [0.3, 0.4) is 0 Å². The van der Waals surface area contributed by atoms with E-state index in [4.69, 9.17) is 5.10 Å². The second kappa shape index (κ2) is 8.09. The van der Waals surface area contributed by atoms with Gasteiger partial charge in [-0.3, -0.25) is 9.67 Å². The zero-order valence-electron chi connectivity index (χ0n) is 16.6. The van der Waals surface area contributed by atoms with Gasteiger partial charge >= 0.3 is 0 Å². The smallest absolute Gasteiger partial charge is 0.149 e. The summed E-state index contributed by atoms with van der Waals surface area (Å²) in [7, 11) is 0. The monoisotopic (exact) mass is 402 g/mol. The van der Waals surface area contributed by atoms with Crippen LogP contribution in [0, 0.1) is 11.3 Å². The lowest BCUT2D eigenvalue weighted by Crippen LogP contribution is -2.00. The fourth-order valence-electron chi connectivity index (χ4n) is 3.51. The number of aromatic amines is 1. The molecule has 6 nitrogen and oxygen atoms in total. The highest BCUT2D eigenvalue weighted by atomic mass is 15.3. The number of para-hydroxylation sites is 2. The van der Waals surface area contributed by atoms with E-state index in [1.54, 1.807) is 12.4 Å². The van der Waals surface area contributed by atoms with Gasteiger partial charge in [0.2, 0.25) is 0 Å². The topological polar surface area (TPSA) is 83.2 Å². The maximum absolute atomic E-state index is 9.85. The molecule has 0 saturated carbocycles. The molecule has 0 unspecified atom stereocenters. The first-order valence-corrected chi connectivity index (χ1v) is 9.89. The molecule has 0 amide bonds. The third-order valence-electron chi connectivity index (χ3n) is 4.98. The van der Waals surface area contributed by atoms with Gasteiger partial charge in [0.05, 0.1) is 23.2 Å². The minimum absolute atomic E-state index is 0.445. The molecule has 0 aliphatic heterocycles. The predicted molar refractivity (Wildman–Crippen MR) is 121 cm³/mol. The van der Waals surface area contributed by atoms with Crippen LogP contribution in [-0.4, -0.2) is 24.7 Å². The van der Waals surface area contributed by atoms with Crippen LogP contribution in [0.25, 0.3) is 33.9 Å². The second-order valence-corrected chi connectivity index (χ2v) is 7.13. The van der Waals surface area contributed by atoms with Crippen molar-refractivity contribution < 1.29 is 0 Å². The Morgan fingerprint density at radius 1 is 1.03 bits per heavy atom. The highest BCUT2D eigenvalue weighted by Crippen LogP contribution is 2.26. The molecular formula is C25H18N6. The van der Waals surface area contributed by atoms with Crippen LogP contribution in [0.15, 0.2) is 85.3 Å². The number of nitrogens with one attached hydrogen (secondary N) is 1. The van der Waals surface area contributed by atoms with E-state index >= 15 is 0 Å². The molecule has 0 bridgehead atoms. The predicted octanol–water partition coefficient (Wildman–Crippen LogP) is 4.93. The zero-order valence-corrected chi connectivity index (χ0v) is 16.6. The van der Waals surface area contributed by atoms with E-state index in [1.165, 1.54) is 0 Å². The highest BCUT2D eigenvalue weighted by molar-refractivity contribution is 5.92. The molecule has 0 fully saturated rings. The van der Waals surface area contributed by atoms with Crippen molar-refractivity contribution in [2.24, 2.45) is 0 Å². The van der Waals surface area contributed by atoms with Crippen molar-refractivity contribution in [3.8, 4) is 17.3 Å². The second-order valence-electron chi connectivity index (χ2n) is 7.13. The zero-order chi connectivity index (χ0) is 21.0. The number of pyridine rings is 1. The van der Waals surface area contributed by atoms with Gasteiger partial charge in [0.1, 0.15) is 17.6 Å². The van der Waals surface area contributed by atoms with E-state index in [1.807, 2.05) is 71.6 Å². The SMILES string of the molecule is N#C/C(=C\c1cn(Cc2ccccc2)nc1-c1cccnc1)c1nc2ccccc2[nH]1. The Bertz CT molecular complexity index is 1370. The molecule has 0 radical (unpaired) electrons. The highest BCUT2D eigenvalue weighted by Gasteiger charge is 2.14. The van der Waals surface area contributed by atoms with Gasteiger partial charge in [-0.05, 0) is 35.9 Å². The average Bonchev–Trinajstić information content (AvgIpc) is 3.42. The van der Waals surface area contributed by atoms with Gasteiger partial charge in [0.25, 0.3) is 0 Å².